The Balaban J connectivity index is 2.05. The zero-order chi connectivity index (χ0) is 14.8. The molecule has 2 rings (SSSR count). The molecule has 2 unspecified atom stereocenters. The maximum absolute atomic E-state index is 11.2. The van der Waals surface area contributed by atoms with Gasteiger partial charge in [-0.25, -0.2) is 8.42 Å². The third kappa shape index (κ3) is 4.54. The molecule has 4 N–H and O–H groups in total. The summed E-state index contributed by atoms with van der Waals surface area (Å²) in [7, 11) is -3.32. The molecule has 7 heteroatoms. The summed E-state index contributed by atoms with van der Waals surface area (Å²) in [6.45, 7) is 0. The Labute approximate surface area is 124 Å². The number of nitrogens with two attached hydrogens (primary N) is 1. The van der Waals surface area contributed by atoms with Crippen LogP contribution in [0.1, 0.15) is 25.7 Å². The first-order valence-electron chi connectivity index (χ1n) is 6.63. The van der Waals surface area contributed by atoms with Crippen LogP contribution in [0.25, 0.3) is 0 Å². The van der Waals surface area contributed by atoms with Crippen LogP contribution in [0.4, 0.5) is 11.4 Å². The first kappa shape index (κ1) is 15.4. The van der Waals surface area contributed by atoms with Crippen molar-refractivity contribution in [3.8, 4) is 0 Å². The minimum Gasteiger partial charge on any atom is -0.382 e. The normalized spacial score (nSPS) is 23.4. The lowest BCUT2D eigenvalue weighted by molar-refractivity contribution is 0.409. The highest BCUT2D eigenvalue weighted by Gasteiger charge is 2.19. The highest BCUT2D eigenvalue weighted by atomic mass is 35.5. The van der Waals surface area contributed by atoms with Gasteiger partial charge in [-0.1, -0.05) is 11.6 Å². The van der Waals surface area contributed by atoms with E-state index in [0.29, 0.717) is 16.8 Å². The molecule has 0 heterocycles. The fourth-order valence-corrected chi connectivity index (χ4v) is 3.34. The Morgan fingerprint density at radius 1 is 1.35 bits per heavy atom. The smallest absolute Gasteiger partial charge is 0.229 e. The second-order valence-corrected chi connectivity index (χ2v) is 7.49. The number of nitrogens with one attached hydrogen (secondary N) is 2. The van der Waals surface area contributed by atoms with Crippen LogP contribution in [0, 0.1) is 0 Å². The molecule has 1 saturated carbocycles. The SMILES string of the molecule is CS(=O)(=O)Nc1ccc(NC2CCCC(N)C2)cc1Cl. The number of anilines is 2. The summed E-state index contributed by atoms with van der Waals surface area (Å²) in [4.78, 5) is 0. The molecule has 2 atom stereocenters. The van der Waals surface area contributed by atoms with Crippen molar-refractivity contribution < 1.29 is 8.42 Å². The topological polar surface area (TPSA) is 84.2 Å². The third-order valence-electron chi connectivity index (χ3n) is 3.35. The van der Waals surface area contributed by atoms with Crippen LogP contribution in [0.15, 0.2) is 18.2 Å². The molecule has 1 aliphatic rings. The van der Waals surface area contributed by atoms with E-state index in [1.807, 2.05) is 6.07 Å². The quantitative estimate of drug-likeness (QED) is 0.796. The van der Waals surface area contributed by atoms with Gasteiger partial charge in [0.1, 0.15) is 0 Å². The summed E-state index contributed by atoms with van der Waals surface area (Å²) in [6, 6.07) is 5.81. The molecule has 0 radical (unpaired) electrons. The number of hydrogen-bond donors (Lipinski definition) is 3. The predicted octanol–water partition coefficient (Wildman–Crippen LogP) is 2.39. The van der Waals surface area contributed by atoms with E-state index in [1.165, 1.54) is 0 Å². The van der Waals surface area contributed by atoms with Gasteiger partial charge < -0.3 is 11.1 Å². The van der Waals surface area contributed by atoms with Crippen LogP contribution in [0.3, 0.4) is 0 Å². The molecule has 112 valence electrons. The van der Waals surface area contributed by atoms with Gasteiger partial charge in [0.15, 0.2) is 0 Å². The van der Waals surface area contributed by atoms with Crippen molar-refractivity contribution in [2.75, 3.05) is 16.3 Å². The van der Waals surface area contributed by atoms with Gasteiger partial charge in [0.05, 0.1) is 17.0 Å². The van der Waals surface area contributed by atoms with Gasteiger partial charge in [-0.15, -0.1) is 0 Å². The molecule has 0 aliphatic heterocycles. The third-order valence-corrected chi connectivity index (χ3v) is 4.25. The van der Waals surface area contributed by atoms with Crippen molar-refractivity contribution >= 4 is 33.0 Å². The zero-order valence-corrected chi connectivity index (χ0v) is 13.0. The van der Waals surface area contributed by atoms with Gasteiger partial charge in [0.25, 0.3) is 0 Å². The molecule has 1 aromatic carbocycles. The number of sulfonamides is 1. The highest BCUT2D eigenvalue weighted by molar-refractivity contribution is 7.92. The molecular formula is C13H20ClN3O2S. The van der Waals surface area contributed by atoms with E-state index in [9.17, 15) is 8.42 Å². The van der Waals surface area contributed by atoms with E-state index in [4.69, 9.17) is 17.3 Å². The Kier molecular flexibility index (Phi) is 4.78. The van der Waals surface area contributed by atoms with Gasteiger partial charge in [-0.3, -0.25) is 4.72 Å². The van der Waals surface area contributed by atoms with Crippen LogP contribution < -0.4 is 15.8 Å². The summed E-state index contributed by atoms with van der Waals surface area (Å²) in [5.74, 6) is 0. The molecule has 0 aromatic heterocycles. The van der Waals surface area contributed by atoms with Crippen molar-refractivity contribution in [1.29, 1.82) is 0 Å². The second kappa shape index (κ2) is 6.20. The number of rotatable bonds is 4. The van der Waals surface area contributed by atoms with Gasteiger partial charge in [0, 0.05) is 17.8 Å². The van der Waals surface area contributed by atoms with E-state index >= 15 is 0 Å². The van der Waals surface area contributed by atoms with Crippen LogP contribution >= 0.6 is 11.6 Å². The van der Waals surface area contributed by atoms with Gasteiger partial charge in [-0.2, -0.15) is 0 Å². The van der Waals surface area contributed by atoms with Crippen molar-refractivity contribution in [3.05, 3.63) is 23.2 Å². The fraction of sp³-hybridized carbons (Fsp3) is 0.538. The maximum atomic E-state index is 11.2. The second-order valence-electron chi connectivity index (χ2n) is 5.34. The molecule has 20 heavy (non-hydrogen) atoms. The van der Waals surface area contributed by atoms with Crippen molar-refractivity contribution in [2.24, 2.45) is 5.73 Å². The van der Waals surface area contributed by atoms with Crippen LogP contribution in [0.2, 0.25) is 5.02 Å². The average molecular weight is 318 g/mol. The summed E-state index contributed by atoms with van der Waals surface area (Å²) >= 11 is 6.09. The van der Waals surface area contributed by atoms with Gasteiger partial charge in [0.2, 0.25) is 10.0 Å². The first-order valence-corrected chi connectivity index (χ1v) is 8.90. The predicted molar refractivity (Wildman–Crippen MR) is 83.8 cm³/mol. The molecule has 1 aromatic rings. The molecule has 5 nitrogen and oxygen atoms in total. The largest absolute Gasteiger partial charge is 0.382 e. The van der Waals surface area contributed by atoms with E-state index in [2.05, 4.69) is 10.0 Å². The lowest BCUT2D eigenvalue weighted by atomic mass is 9.91. The number of halogens is 1. The summed E-state index contributed by atoms with van der Waals surface area (Å²) in [5, 5.41) is 3.78. The molecule has 1 aliphatic carbocycles. The molecule has 0 bridgehead atoms. The van der Waals surface area contributed by atoms with Crippen molar-refractivity contribution in [3.63, 3.8) is 0 Å². The minimum atomic E-state index is -3.32. The van der Waals surface area contributed by atoms with E-state index in [-0.39, 0.29) is 6.04 Å². The Morgan fingerprint density at radius 2 is 2.10 bits per heavy atom. The maximum Gasteiger partial charge on any atom is 0.229 e. The lowest BCUT2D eigenvalue weighted by Crippen LogP contribution is -2.34. The summed E-state index contributed by atoms with van der Waals surface area (Å²) in [6.07, 6.45) is 5.34. The number of hydrogen-bond acceptors (Lipinski definition) is 4. The number of benzene rings is 1. The van der Waals surface area contributed by atoms with Crippen molar-refractivity contribution in [1.82, 2.24) is 0 Å². The molecule has 0 spiro atoms. The van der Waals surface area contributed by atoms with E-state index in [1.54, 1.807) is 12.1 Å². The van der Waals surface area contributed by atoms with Crippen LogP contribution in [0.5, 0.6) is 0 Å². The zero-order valence-electron chi connectivity index (χ0n) is 11.4. The van der Waals surface area contributed by atoms with Crippen molar-refractivity contribution in [2.45, 2.75) is 37.8 Å². The average Bonchev–Trinajstić information content (AvgIpc) is 2.31. The summed E-state index contributed by atoms with van der Waals surface area (Å²) in [5.41, 5.74) is 7.23. The van der Waals surface area contributed by atoms with E-state index < -0.39 is 10.0 Å². The lowest BCUT2D eigenvalue weighted by Gasteiger charge is -2.28. The minimum absolute atomic E-state index is 0.253. The van der Waals surface area contributed by atoms with Gasteiger partial charge in [-0.05, 0) is 43.9 Å². The van der Waals surface area contributed by atoms with Crippen LogP contribution in [-0.4, -0.2) is 26.8 Å². The first-order chi connectivity index (χ1) is 9.33. The Hall–Kier alpha value is -0.980. The Morgan fingerprint density at radius 3 is 2.70 bits per heavy atom. The fourth-order valence-electron chi connectivity index (χ4n) is 2.48. The van der Waals surface area contributed by atoms with Gasteiger partial charge >= 0.3 is 0 Å². The highest BCUT2D eigenvalue weighted by Crippen LogP contribution is 2.28. The van der Waals surface area contributed by atoms with E-state index in [0.717, 1.165) is 37.6 Å². The molecular weight excluding hydrogens is 298 g/mol. The standard InChI is InChI=1S/C13H20ClN3O2S/c1-20(18,19)17-13-6-5-11(8-12(13)14)16-10-4-2-3-9(15)7-10/h5-6,8-10,16-17H,2-4,7,15H2,1H3. The summed E-state index contributed by atoms with van der Waals surface area (Å²) < 4.78 is 24.8. The molecule has 1 fully saturated rings. The molecule has 0 amide bonds. The molecule has 0 saturated heterocycles. The Bertz CT molecular complexity index is 577. The van der Waals surface area contributed by atoms with Crippen LogP contribution in [-0.2, 0) is 10.0 Å². The monoisotopic (exact) mass is 317 g/mol.